The van der Waals surface area contributed by atoms with Crippen molar-refractivity contribution in [2.75, 3.05) is 19.7 Å². The average molecular weight is 290 g/mol. The Kier molecular flexibility index (Phi) is 3.73. The Morgan fingerprint density at radius 3 is 2.95 bits per heavy atom. The summed E-state index contributed by atoms with van der Waals surface area (Å²) < 4.78 is 8.38. The summed E-state index contributed by atoms with van der Waals surface area (Å²) in [4.78, 5) is 7.01. The number of rotatable bonds is 4. The summed E-state index contributed by atoms with van der Waals surface area (Å²) in [6.45, 7) is 2.51. The predicted octanol–water partition coefficient (Wildman–Crippen LogP) is 1.86. The van der Waals surface area contributed by atoms with Gasteiger partial charge in [0.1, 0.15) is 0 Å². The summed E-state index contributed by atoms with van der Waals surface area (Å²) in [5, 5.41) is 0. The van der Waals surface area contributed by atoms with E-state index in [2.05, 4.69) is 14.5 Å². The van der Waals surface area contributed by atoms with Crippen molar-refractivity contribution < 1.29 is 4.74 Å². The van der Waals surface area contributed by atoms with Gasteiger partial charge in [0.05, 0.1) is 30.8 Å². The maximum absolute atomic E-state index is 6.18. The molecule has 0 aromatic carbocycles. The topological polar surface area (TPSA) is 56.3 Å². The van der Waals surface area contributed by atoms with Gasteiger partial charge in [-0.1, -0.05) is 12.8 Å². The molecule has 1 aliphatic heterocycles. The highest BCUT2D eigenvalue weighted by atomic mass is 16.5. The van der Waals surface area contributed by atoms with Crippen molar-refractivity contribution in [2.24, 2.45) is 5.73 Å². The second kappa shape index (κ2) is 5.71. The Bertz CT molecular complexity index is 482. The number of ether oxygens (including phenoxy) is 1. The fourth-order valence-electron chi connectivity index (χ4n) is 4.17. The molecule has 1 saturated heterocycles. The zero-order valence-corrected chi connectivity index (χ0v) is 12.7. The number of nitrogens with zero attached hydrogens (tertiary/aromatic N) is 3. The maximum atomic E-state index is 6.18. The molecule has 0 bridgehead atoms. The number of nitrogens with two attached hydrogens (primary N) is 1. The SMILES string of the molecule is NCC(c1cncn1C1CC1)N1CCOC2CCCCC21. The van der Waals surface area contributed by atoms with E-state index in [1.807, 2.05) is 12.5 Å². The molecule has 2 N–H and O–H groups in total. The molecule has 0 amide bonds. The van der Waals surface area contributed by atoms with E-state index in [0.717, 1.165) is 13.2 Å². The molecule has 3 fully saturated rings. The van der Waals surface area contributed by atoms with Crippen molar-refractivity contribution in [3.05, 3.63) is 18.2 Å². The molecule has 0 radical (unpaired) electrons. The molecule has 1 aromatic rings. The molecule has 3 atom stereocenters. The smallest absolute Gasteiger partial charge is 0.0951 e. The minimum absolute atomic E-state index is 0.294. The van der Waals surface area contributed by atoms with Crippen molar-refractivity contribution in [1.29, 1.82) is 0 Å². The third kappa shape index (κ3) is 2.51. The van der Waals surface area contributed by atoms with E-state index in [1.165, 1.54) is 44.2 Å². The third-order valence-electron chi connectivity index (χ3n) is 5.38. The van der Waals surface area contributed by atoms with E-state index in [0.29, 0.717) is 30.8 Å². The summed E-state index contributed by atoms with van der Waals surface area (Å²) in [6.07, 6.45) is 12.1. The van der Waals surface area contributed by atoms with Crippen molar-refractivity contribution in [1.82, 2.24) is 14.5 Å². The van der Waals surface area contributed by atoms with Crippen LogP contribution < -0.4 is 5.73 Å². The highest BCUT2D eigenvalue weighted by molar-refractivity contribution is 5.11. The average Bonchev–Trinajstić information content (AvgIpc) is 3.27. The van der Waals surface area contributed by atoms with E-state index in [9.17, 15) is 0 Å². The van der Waals surface area contributed by atoms with Crippen molar-refractivity contribution in [2.45, 2.75) is 62.8 Å². The van der Waals surface area contributed by atoms with Crippen LogP contribution in [0.15, 0.2) is 12.5 Å². The van der Waals surface area contributed by atoms with Gasteiger partial charge in [-0.05, 0) is 25.7 Å². The molecule has 5 heteroatoms. The summed E-state index contributed by atoms with van der Waals surface area (Å²) >= 11 is 0. The normalized spacial score (nSPS) is 31.9. The van der Waals surface area contributed by atoms with Gasteiger partial charge in [0, 0.05) is 31.4 Å². The first-order valence-corrected chi connectivity index (χ1v) is 8.47. The van der Waals surface area contributed by atoms with Crippen LogP contribution in [0.1, 0.15) is 56.3 Å². The Hall–Kier alpha value is -0.910. The second-order valence-electron chi connectivity index (χ2n) is 6.71. The Labute approximate surface area is 126 Å². The monoisotopic (exact) mass is 290 g/mol. The predicted molar refractivity (Wildman–Crippen MR) is 81.0 cm³/mol. The van der Waals surface area contributed by atoms with Crippen molar-refractivity contribution in [3.8, 4) is 0 Å². The number of hydrogen-bond donors (Lipinski definition) is 1. The summed E-state index contributed by atoms with van der Waals surface area (Å²) in [5.74, 6) is 0. The van der Waals surface area contributed by atoms with Crippen LogP contribution in [0.5, 0.6) is 0 Å². The third-order valence-corrected chi connectivity index (χ3v) is 5.38. The van der Waals surface area contributed by atoms with E-state index in [4.69, 9.17) is 10.5 Å². The van der Waals surface area contributed by atoms with Crippen LogP contribution in [0.3, 0.4) is 0 Å². The van der Waals surface area contributed by atoms with Crippen molar-refractivity contribution in [3.63, 3.8) is 0 Å². The lowest BCUT2D eigenvalue weighted by Gasteiger charge is -2.47. The lowest BCUT2D eigenvalue weighted by atomic mass is 9.89. The zero-order chi connectivity index (χ0) is 14.2. The van der Waals surface area contributed by atoms with Crippen LogP contribution >= 0.6 is 0 Å². The lowest BCUT2D eigenvalue weighted by Crippen LogP contribution is -2.55. The number of hydrogen-bond acceptors (Lipinski definition) is 4. The minimum atomic E-state index is 0.294. The minimum Gasteiger partial charge on any atom is -0.375 e. The molecule has 3 unspecified atom stereocenters. The molecule has 2 saturated carbocycles. The van der Waals surface area contributed by atoms with Gasteiger partial charge in [-0.15, -0.1) is 0 Å². The fourth-order valence-corrected chi connectivity index (χ4v) is 4.17. The van der Waals surface area contributed by atoms with E-state index in [1.54, 1.807) is 0 Å². The van der Waals surface area contributed by atoms with Gasteiger partial charge in [0.25, 0.3) is 0 Å². The molecule has 5 nitrogen and oxygen atoms in total. The van der Waals surface area contributed by atoms with Gasteiger partial charge >= 0.3 is 0 Å². The molecular formula is C16H26N4O. The summed E-state index contributed by atoms with van der Waals surface area (Å²) in [7, 11) is 0. The van der Waals surface area contributed by atoms with Crippen LogP contribution in [-0.2, 0) is 4.74 Å². The first-order valence-electron chi connectivity index (χ1n) is 8.47. The molecule has 2 heterocycles. The van der Waals surface area contributed by atoms with Crippen LogP contribution in [-0.4, -0.2) is 46.3 Å². The first-order chi connectivity index (χ1) is 10.4. The van der Waals surface area contributed by atoms with Crippen LogP contribution in [0, 0.1) is 0 Å². The molecule has 4 rings (SSSR count). The fraction of sp³-hybridized carbons (Fsp3) is 0.812. The highest BCUT2D eigenvalue weighted by Crippen LogP contribution is 2.39. The lowest BCUT2D eigenvalue weighted by molar-refractivity contribution is -0.103. The number of morpholine rings is 1. The number of aromatic nitrogens is 2. The molecule has 1 aromatic heterocycles. The summed E-state index contributed by atoms with van der Waals surface area (Å²) in [6, 6.07) is 1.51. The number of fused-ring (bicyclic) bond motifs is 1. The van der Waals surface area contributed by atoms with Gasteiger partial charge in [-0.25, -0.2) is 4.98 Å². The van der Waals surface area contributed by atoms with Crippen LogP contribution in [0.2, 0.25) is 0 Å². The van der Waals surface area contributed by atoms with E-state index < -0.39 is 0 Å². The largest absolute Gasteiger partial charge is 0.375 e. The highest BCUT2D eigenvalue weighted by Gasteiger charge is 2.39. The molecule has 3 aliphatic rings. The van der Waals surface area contributed by atoms with Gasteiger partial charge in [-0.2, -0.15) is 0 Å². The molecular weight excluding hydrogens is 264 g/mol. The molecule has 116 valence electrons. The quantitative estimate of drug-likeness (QED) is 0.919. The van der Waals surface area contributed by atoms with E-state index >= 15 is 0 Å². The van der Waals surface area contributed by atoms with Crippen molar-refractivity contribution >= 4 is 0 Å². The zero-order valence-electron chi connectivity index (χ0n) is 12.7. The number of imidazole rings is 1. The van der Waals surface area contributed by atoms with Gasteiger partial charge in [0.15, 0.2) is 0 Å². The molecule has 21 heavy (non-hydrogen) atoms. The standard InChI is InChI=1S/C16H26N4O/c17-9-14(15-10-18-11-20(15)12-5-6-12)19-7-8-21-16-4-2-1-3-13(16)19/h10-14,16H,1-9,17H2. The maximum Gasteiger partial charge on any atom is 0.0951 e. The molecule has 0 spiro atoms. The van der Waals surface area contributed by atoms with Crippen LogP contribution in [0.4, 0.5) is 0 Å². The Morgan fingerprint density at radius 1 is 1.29 bits per heavy atom. The summed E-state index contributed by atoms with van der Waals surface area (Å²) in [5.41, 5.74) is 7.49. The molecule has 2 aliphatic carbocycles. The Morgan fingerprint density at radius 2 is 2.14 bits per heavy atom. The van der Waals surface area contributed by atoms with Crippen LogP contribution in [0.25, 0.3) is 0 Å². The van der Waals surface area contributed by atoms with Gasteiger partial charge in [0.2, 0.25) is 0 Å². The van der Waals surface area contributed by atoms with E-state index in [-0.39, 0.29) is 0 Å². The first kappa shape index (κ1) is 13.7. The Balaban J connectivity index is 1.60. The van der Waals surface area contributed by atoms with Gasteiger partial charge < -0.3 is 15.0 Å². The second-order valence-corrected chi connectivity index (χ2v) is 6.71. The van der Waals surface area contributed by atoms with Gasteiger partial charge in [-0.3, -0.25) is 4.90 Å².